The fraction of sp³-hybridized carbons (Fsp3) is 0.667. The molecular formula is C9H14O4. The van der Waals surface area contributed by atoms with Crippen molar-refractivity contribution >= 4 is 18.0 Å². The van der Waals surface area contributed by atoms with Gasteiger partial charge in [0, 0.05) is 12.8 Å². The van der Waals surface area contributed by atoms with Crippen LogP contribution in [0.3, 0.4) is 0 Å². The summed E-state index contributed by atoms with van der Waals surface area (Å²) in [7, 11) is 1.35. The van der Waals surface area contributed by atoms with Crippen LogP contribution in [-0.4, -0.2) is 25.1 Å². The lowest BCUT2D eigenvalue weighted by atomic mass is 10.1. The van der Waals surface area contributed by atoms with Crippen LogP contribution < -0.4 is 0 Å². The molecule has 0 saturated heterocycles. The molecule has 0 saturated carbocycles. The second-order valence-corrected chi connectivity index (χ2v) is 2.72. The monoisotopic (exact) mass is 186 g/mol. The number of esters is 1. The van der Waals surface area contributed by atoms with Gasteiger partial charge in [-0.2, -0.15) is 0 Å². The number of rotatable bonds is 7. The van der Waals surface area contributed by atoms with E-state index in [2.05, 4.69) is 4.74 Å². The van der Waals surface area contributed by atoms with Gasteiger partial charge in [0.2, 0.25) is 0 Å². The van der Waals surface area contributed by atoms with E-state index >= 15 is 0 Å². The van der Waals surface area contributed by atoms with E-state index in [1.54, 1.807) is 0 Å². The van der Waals surface area contributed by atoms with Gasteiger partial charge in [-0.15, -0.1) is 0 Å². The normalized spacial score (nSPS) is 9.31. The van der Waals surface area contributed by atoms with E-state index in [1.165, 1.54) is 7.11 Å². The van der Waals surface area contributed by atoms with E-state index in [9.17, 15) is 14.4 Å². The average molecular weight is 186 g/mol. The molecule has 0 aromatic rings. The summed E-state index contributed by atoms with van der Waals surface area (Å²) in [5.74, 6) is -0.611. The largest absolute Gasteiger partial charge is 0.469 e. The minimum absolute atomic E-state index is 0.235. The lowest BCUT2D eigenvalue weighted by Gasteiger charge is -1.98. The molecule has 0 bridgehead atoms. The number of aldehydes is 1. The summed E-state index contributed by atoms with van der Waals surface area (Å²) < 4.78 is 4.44. The highest BCUT2D eigenvalue weighted by Crippen LogP contribution is 2.03. The molecule has 13 heavy (non-hydrogen) atoms. The Labute approximate surface area is 77.3 Å². The van der Waals surface area contributed by atoms with Gasteiger partial charge in [-0.3, -0.25) is 14.4 Å². The Morgan fingerprint density at radius 3 is 2.31 bits per heavy atom. The van der Waals surface area contributed by atoms with Crippen LogP contribution in [-0.2, 0) is 19.1 Å². The van der Waals surface area contributed by atoms with E-state index in [0.29, 0.717) is 25.5 Å². The first kappa shape index (κ1) is 11.8. The number of carbonyl (C=O) groups excluding carboxylic acids is 3. The van der Waals surface area contributed by atoms with Crippen molar-refractivity contribution < 1.29 is 19.1 Å². The minimum atomic E-state index is -0.377. The summed E-state index contributed by atoms with van der Waals surface area (Å²) in [6.07, 6.45) is 3.14. The van der Waals surface area contributed by atoms with Gasteiger partial charge in [-0.25, -0.2) is 0 Å². The zero-order valence-corrected chi connectivity index (χ0v) is 7.75. The molecule has 0 heterocycles. The van der Waals surface area contributed by atoms with Crippen LogP contribution in [0.4, 0.5) is 0 Å². The Morgan fingerprint density at radius 1 is 1.15 bits per heavy atom. The predicted octanol–water partition coefficient (Wildman–Crippen LogP) is 0.878. The van der Waals surface area contributed by atoms with Gasteiger partial charge in [0.15, 0.2) is 12.1 Å². The summed E-state index contributed by atoms with van der Waals surface area (Å²) in [6, 6.07) is 0. The summed E-state index contributed by atoms with van der Waals surface area (Å²) in [4.78, 5) is 31.0. The number of hydrogen-bond donors (Lipinski definition) is 0. The molecule has 0 spiro atoms. The van der Waals surface area contributed by atoms with Crippen molar-refractivity contribution in [2.45, 2.75) is 32.1 Å². The van der Waals surface area contributed by atoms with Crippen LogP contribution in [0.2, 0.25) is 0 Å². The van der Waals surface area contributed by atoms with Gasteiger partial charge >= 0.3 is 5.97 Å². The van der Waals surface area contributed by atoms with Gasteiger partial charge < -0.3 is 4.74 Å². The lowest BCUT2D eigenvalue weighted by Crippen LogP contribution is -2.01. The SMILES string of the molecule is COC(=O)CCCCCC(=O)C=O. The summed E-state index contributed by atoms with van der Waals surface area (Å²) >= 11 is 0. The topological polar surface area (TPSA) is 60.4 Å². The quantitative estimate of drug-likeness (QED) is 0.256. The number of ether oxygens (including phenoxy) is 1. The Balaban J connectivity index is 3.21. The Bertz CT molecular complexity index is 186. The second kappa shape index (κ2) is 7.46. The standard InChI is InChI=1S/C9H14O4/c1-13-9(12)6-4-2-3-5-8(11)7-10/h7H,2-6H2,1H3. The zero-order chi connectivity index (χ0) is 10.1. The molecule has 74 valence electrons. The number of ketones is 1. The third-order valence-electron chi connectivity index (χ3n) is 1.66. The van der Waals surface area contributed by atoms with E-state index < -0.39 is 0 Å². The summed E-state index contributed by atoms with van der Waals surface area (Å²) in [5, 5.41) is 0. The second-order valence-electron chi connectivity index (χ2n) is 2.72. The molecule has 0 aliphatic rings. The molecule has 0 unspecified atom stereocenters. The smallest absolute Gasteiger partial charge is 0.305 e. The van der Waals surface area contributed by atoms with Crippen molar-refractivity contribution in [1.82, 2.24) is 0 Å². The molecular weight excluding hydrogens is 172 g/mol. The average Bonchev–Trinajstić information content (AvgIpc) is 2.16. The predicted molar refractivity (Wildman–Crippen MR) is 46.2 cm³/mol. The molecule has 0 aliphatic heterocycles. The zero-order valence-electron chi connectivity index (χ0n) is 7.75. The van der Waals surface area contributed by atoms with Crippen molar-refractivity contribution in [2.24, 2.45) is 0 Å². The molecule has 0 aromatic carbocycles. The Hall–Kier alpha value is -1.19. The molecule has 0 atom stereocenters. The fourth-order valence-corrected chi connectivity index (χ4v) is 0.906. The summed E-state index contributed by atoms with van der Waals surface area (Å²) in [6.45, 7) is 0. The van der Waals surface area contributed by atoms with Gasteiger partial charge in [0.1, 0.15) is 0 Å². The molecule has 0 aromatic heterocycles. The number of methoxy groups -OCH3 is 1. The molecule has 0 amide bonds. The summed E-state index contributed by atoms with van der Waals surface area (Å²) in [5.41, 5.74) is 0. The highest BCUT2D eigenvalue weighted by atomic mass is 16.5. The fourth-order valence-electron chi connectivity index (χ4n) is 0.906. The van der Waals surface area contributed by atoms with Gasteiger partial charge in [0.25, 0.3) is 0 Å². The molecule has 4 heteroatoms. The molecule has 0 aliphatic carbocycles. The van der Waals surface area contributed by atoms with Crippen LogP contribution in [0.25, 0.3) is 0 Å². The number of Topliss-reactive ketones (excluding diaryl/α,β-unsaturated/α-hetero) is 1. The van der Waals surface area contributed by atoms with Crippen molar-refractivity contribution in [2.75, 3.05) is 7.11 Å². The van der Waals surface area contributed by atoms with Crippen molar-refractivity contribution in [3.05, 3.63) is 0 Å². The first-order valence-electron chi connectivity index (χ1n) is 4.25. The van der Waals surface area contributed by atoms with Crippen molar-refractivity contribution in [3.8, 4) is 0 Å². The number of hydrogen-bond acceptors (Lipinski definition) is 4. The van der Waals surface area contributed by atoms with E-state index in [0.717, 1.165) is 6.42 Å². The first-order valence-corrected chi connectivity index (χ1v) is 4.25. The molecule has 0 N–H and O–H groups in total. The lowest BCUT2D eigenvalue weighted by molar-refractivity contribution is -0.140. The van der Waals surface area contributed by atoms with Crippen LogP contribution in [0.1, 0.15) is 32.1 Å². The van der Waals surface area contributed by atoms with Crippen LogP contribution in [0.15, 0.2) is 0 Å². The number of unbranched alkanes of at least 4 members (excludes halogenated alkanes) is 2. The van der Waals surface area contributed by atoms with Gasteiger partial charge in [-0.05, 0) is 12.8 Å². The first-order chi connectivity index (χ1) is 6.20. The maximum atomic E-state index is 10.6. The Morgan fingerprint density at radius 2 is 1.77 bits per heavy atom. The molecule has 0 fully saturated rings. The molecule has 0 rings (SSSR count). The number of carbonyl (C=O) groups is 3. The van der Waals surface area contributed by atoms with E-state index in [4.69, 9.17) is 0 Å². The van der Waals surface area contributed by atoms with Crippen LogP contribution >= 0.6 is 0 Å². The third kappa shape index (κ3) is 7.18. The third-order valence-corrected chi connectivity index (χ3v) is 1.66. The maximum absolute atomic E-state index is 10.6. The van der Waals surface area contributed by atoms with E-state index in [1.807, 2.05) is 0 Å². The van der Waals surface area contributed by atoms with Gasteiger partial charge in [-0.1, -0.05) is 6.42 Å². The van der Waals surface area contributed by atoms with Crippen LogP contribution in [0, 0.1) is 0 Å². The minimum Gasteiger partial charge on any atom is -0.469 e. The van der Waals surface area contributed by atoms with Crippen molar-refractivity contribution in [1.29, 1.82) is 0 Å². The maximum Gasteiger partial charge on any atom is 0.305 e. The van der Waals surface area contributed by atoms with Crippen molar-refractivity contribution in [3.63, 3.8) is 0 Å². The Kier molecular flexibility index (Phi) is 6.78. The molecule has 4 nitrogen and oxygen atoms in total. The highest BCUT2D eigenvalue weighted by Gasteiger charge is 2.01. The van der Waals surface area contributed by atoms with Crippen LogP contribution in [0.5, 0.6) is 0 Å². The highest BCUT2D eigenvalue weighted by molar-refractivity contribution is 6.24. The molecule has 0 radical (unpaired) electrons. The van der Waals surface area contributed by atoms with E-state index in [-0.39, 0.29) is 18.2 Å². The van der Waals surface area contributed by atoms with Gasteiger partial charge in [0.05, 0.1) is 7.11 Å².